The van der Waals surface area contributed by atoms with Gasteiger partial charge in [0.15, 0.2) is 0 Å². The van der Waals surface area contributed by atoms with Crippen molar-refractivity contribution in [3.63, 3.8) is 0 Å². The Bertz CT molecular complexity index is 784. The molecule has 0 saturated carbocycles. The number of benzene rings is 2. The van der Waals surface area contributed by atoms with Crippen molar-refractivity contribution in [1.82, 2.24) is 0 Å². The number of rotatable bonds is 17. The van der Waals surface area contributed by atoms with Gasteiger partial charge in [-0.1, -0.05) is 0 Å². The third kappa shape index (κ3) is 10.7. The fraction of sp³-hybridized carbons (Fsp3) is 0.548. The molecule has 0 unspecified atom stereocenters. The van der Waals surface area contributed by atoms with E-state index in [0.717, 1.165) is 6.61 Å². The summed E-state index contributed by atoms with van der Waals surface area (Å²) < 4.78 is 13.2. The average Bonchev–Trinajstić information content (AvgIpc) is 2.86. The SMILES string of the molecule is CCC[CH2][Sn]([CH2]CCC)([CH2]CCC)/[C](=C\[Si](C)(C)C)CO[Si]C(c1ccccc1)c1ccccc1. The molecule has 192 valence electrons. The van der Waals surface area contributed by atoms with Crippen molar-refractivity contribution >= 4 is 36.2 Å². The molecule has 0 N–H and O–H groups in total. The van der Waals surface area contributed by atoms with Gasteiger partial charge in [0.25, 0.3) is 0 Å². The van der Waals surface area contributed by atoms with Crippen LogP contribution < -0.4 is 0 Å². The molecular weight excluding hydrogens is 563 g/mol. The summed E-state index contributed by atoms with van der Waals surface area (Å²) >= 11 is -2.51. The zero-order chi connectivity index (χ0) is 25.6. The Morgan fingerprint density at radius 2 is 1.20 bits per heavy atom. The molecule has 0 saturated heterocycles. The first-order valence-electron chi connectivity index (χ1n) is 14.0. The van der Waals surface area contributed by atoms with E-state index in [1.807, 2.05) is 3.59 Å². The van der Waals surface area contributed by atoms with Crippen LogP contribution in [0.25, 0.3) is 0 Å². The number of hydrogen-bond donors (Lipinski definition) is 0. The summed E-state index contributed by atoms with van der Waals surface area (Å²) in [6.45, 7) is 15.6. The summed E-state index contributed by atoms with van der Waals surface area (Å²) in [5.74, 6) is 0. The van der Waals surface area contributed by atoms with Gasteiger partial charge in [-0.05, 0) is 0 Å². The second-order valence-electron chi connectivity index (χ2n) is 11.3. The number of hydrogen-bond acceptors (Lipinski definition) is 1. The molecule has 2 aromatic rings. The molecule has 0 aliphatic rings. The van der Waals surface area contributed by atoms with Crippen molar-refractivity contribution in [2.45, 2.75) is 97.8 Å². The Morgan fingerprint density at radius 3 is 1.57 bits per heavy atom. The Hall–Kier alpha value is -0.628. The zero-order valence-corrected chi connectivity index (χ0v) is 28.3. The standard InChI is InChI=1S/C19H23OSi2.3C4H9.Sn/c1-22(2,3)16-10-15-20-21-19(17-11-6-4-7-12-17)18-13-8-5-9-14-18;3*1-3-4-2;/h4-9,11-14,16,19H,15H2,1-3H3;3*1,3-4H2,2H3;. The maximum absolute atomic E-state index is 6.79. The number of unbranched alkanes of at least 4 members (excludes halogenated alkanes) is 3. The van der Waals surface area contributed by atoms with Crippen LogP contribution in [0.15, 0.2) is 70.0 Å². The van der Waals surface area contributed by atoms with Gasteiger partial charge in [0.2, 0.25) is 0 Å². The summed E-state index contributed by atoms with van der Waals surface area (Å²) in [7, 11) is -0.887. The minimum atomic E-state index is -2.51. The minimum absolute atomic E-state index is 0.317. The zero-order valence-electron chi connectivity index (χ0n) is 23.4. The fourth-order valence-electron chi connectivity index (χ4n) is 5.09. The van der Waals surface area contributed by atoms with E-state index in [2.05, 4.69) is 107 Å². The molecule has 0 spiro atoms. The molecule has 0 aromatic heterocycles. The fourth-order valence-corrected chi connectivity index (χ4v) is 29.1. The monoisotopic (exact) mass is 614 g/mol. The van der Waals surface area contributed by atoms with Crippen molar-refractivity contribution in [3.8, 4) is 0 Å². The quantitative estimate of drug-likeness (QED) is 0.162. The van der Waals surface area contributed by atoms with Gasteiger partial charge in [0.1, 0.15) is 0 Å². The summed E-state index contributed by atoms with van der Waals surface area (Å²) in [5, 5.41) is 0. The van der Waals surface area contributed by atoms with Crippen LogP contribution in [0, 0.1) is 0 Å². The van der Waals surface area contributed by atoms with Gasteiger partial charge in [0, 0.05) is 0 Å². The Morgan fingerprint density at radius 1 is 0.771 bits per heavy atom. The molecule has 2 rings (SSSR count). The molecule has 0 amide bonds. The molecule has 4 heteroatoms. The van der Waals surface area contributed by atoms with Crippen molar-refractivity contribution in [1.29, 1.82) is 0 Å². The third-order valence-electron chi connectivity index (χ3n) is 7.01. The molecule has 2 radical (unpaired) electrons. The van der Waals surface area contributed by atoms with E-state index in [9.17, 15) is 0 Å². The molecule has 0 aliphatic heterocycles. The molecule has 1 nitrogen and oxygen atoms in total. The van der Waals surface area contributed by atoms with Gasteiger partial charge in [-0.3, -0.25) is 0 Å². The average molecular weight is 614 g/mol. The van der Waals surface area contributed by atoms with E-state index in [4.69, 9.17) is 4.43 Å². The van der Waals surface area contributed by atoms with Crippen molar-refractivity contribution in [2.24, 2.45) is 0 Å². The molecule has 0 heterocycles. The second-order valence-corrected chi connectivity index (χ2v) is 30.8. The van der Waals surface area contributed by atoms with E-state index in [-0.39, 0.29) is 0 Å². The van der Waals surface area contributed by atoms with Crippen LogP contribution in [0.4, 0.5) is 0 Å². The Balaban J connectivity index is 2.34. The van der Waals surface area contributed by atoms with Crippen LogP contribution in [-0.2, 0) is 4.43 Å². The molecular formula is C31H50OSi2Sn. The van der Waals surface area contributed by atoms with E-state index < -0.39 is 26.5 Å². The summed E-state index contributed by atoms with van der Waals surface area (Å²) in [6.07, 6.45) is 8.19. The van der Waals surface area contributed by atoms with Crippen LogP contribution in [-0.4, -0.2) is 42.8 Å². The Labute approximate surface area is 225 Å². The third-order valence-corrected chi connectivity index (χ3v) is 26.2. The van der Waals surface area contributed by atoms with Gasteiger partial charge >= 0.3 is 226 Å². The molecule has 35 heavy (non-hydrogen) atoms. The van der Waals surface area contributed by atoms with Crippen molar-refractivity contribution in [2.75, 3.05) is 6.61 Å². The molecule has 0 aliphatic carbocycles. The molecule has 2 aromatic carbocycles. The normalized spacial score (nSPS) is 12.9. The topological polar surface area (TPSA) is 9.23 Å². The van der Waals surface area contributed by atoms with Gasteiger partial charge in [-0.15, -0.1) is 0 Å². The van der Waals surface area contributed by atoms with Crippen LogP contribution in [0.5, 0.6) is 0 Å². The molecule has 0 bridgehead atoms. The van der Waals surface area contributed by atoms with Gasteiger partial charge in [-0.2, -0.15) is 0 Å². The summed E-state index contributed by atoms with van der Waals surface area (Å²) in [5.41, 5.74) is 5.85. The van der Waals surface area contributed by atoms with Crippen molar-refractivity contribution in [3.05, 3.63) is 81.1 Å². The predicted molar refractivity (Wildman–Crippen MR) is 163 cm³/mol. The predicted octanol–water partition coefficient (Wildman–Crippen LogP) is 9.60. The second kappa shape index (κ2) is 16.3. The maximum atomic E-state index is 6.79. The van der Waals surface area contributed by atoms with Crippen molar-refractivity contribution < 1.29 is 4.43 Å². The van der Waals surface area contributed by atoms with Crippen LogP contribution in [0.3, 0.4) is 0 Å². The van der Waals surface area contributed by atoms with Gasteiger partial charge in [-0.25, -0.2) is 0 Å². The summed E-state index contributed by atoms with van der Waals surface area (Å²) in [6, 6.07) is 21.9. The molecule has 0 fully saturated rings. The first kappa shape index (κ1) is 30.6. The van der Waals surface area contributed by atoms with Gasteiger partial charge < -0.3 is 0 Å². The van der Waals surface area contributed by atoms with Crippen LogP contribution in [0.1, 0.15) is 76.0 Å². The first-order chi connectivity index (χ1) is 16.8. The van der Waals surface area contributed by atoms with Gasteiger partial charge in [0.05, 0.1) is 0 Å². The first-order valence-corrected chi connectivity index (χ1v) is 26.1. The van der Waals surface area contributed by atoms with E-state index in [1.54, 1.807) is 0 Å². The van der Waals surface area contributed by atoms with E-state index >= 15 is 0 Å². The van der Waals surface area contributed by atoms with E-state index in [0.29, 0.717) is 15.3 Å². The van der Waals surface area contributed by atoms with Crippen LogP contribution in [0.2, 0.25) is 33.0 Å². The summed E-state index contributed by atoms with van der Waals surface area (Å²) in [4.78, 5) is 0. The molecule has 0 atom stereocenters. The Kier molecular flexibility index (Phi) is 14.2. The van der Waals surface area contributed by atoms with E-state index in [1.165, 1.54) is 63.0 Å². The van der Waals surface area contributed by atoms with Crippen LogP contribution >= 0.6 is 0 Å².